The van der Waals surface area contributed by atoms with Gasteiger partial charge in [0.2, 0.25) is 0 Å². The molecule has 0 saturated heterocycles. The highest BCUT2D eigenvalue weighted by molar-refractivity contribution is 7.81. The second-order valence-electron chi connectivity index (χ2n) is 16.4. The van der Waals surface area contributed by atoms with E-state index in [1.54, 1.807) is 36.4 Å². The Hall–Kier alpha value is -5.28. The molecule has 0 amide bonds. The molecule has 0 fully saturated rings. The first kappa shape index (κ1) is 49.7. The number of cyclic esters (lactones) is 2. The third kappa shape index (κ3) is 13.4. The molecule has 12 nitrogen and oxygen atoms in total. The summed E-state index contributed by atoms with van der Waals surface area (Å²) < 4.78 is 50.3. The van der Waals surface area contributed by atoms with Crippen LogP contribution in [0.2, 0.25) is 0 Å². The number of benzene rings is 4. The van der Waals surface area contributed by atoms with Gasteiger partial charge in [0.25, 0.3) is 22.5 Å². The average molecular weight is 915 g/mol. The molecule has 0 aliphatic carbocycles. The first-order valence-corrected chi connectivity index (χ1v) is 23.9. The van der Waals surface area contributed by atoms with Gasteiger partial charge in [0.15, 0.2) is 0 Å². The molecule has 14 heteroatoms. The Morgan fingerprint density at radius 2 is 0.969 bits per heavy atom. The van der Waals surface area contributed by atoms with E-state index >= 15 is 0 Å². The van der Waals surface area contributed by atoms with Gasteiger partial charge in [0.05, 0.1) is 25.4 Å². The zero-order chi connectivity index (χ0) is 46.3. The molecule has 64 heavy (non-hydrogen) atoms. The normalized spacial score (nSPS) is 20.5. The molecule has 6 atom stereocenters. The first-order valence-electron chi connectivity index (χ1n) is 21.8. The lowest BCUT2D eigenvalue weighted by Crippen LogP contribution is -2.41. The Balaban J connectivity index is 0.000000241. The number of aryl methyl sites for hydroxylation is 2. The third-order valence-corrected chi connectivity index (χ3v) is 13.2. The number of nitrogens with one attached hydrogen (secondary N) is 2. The minimum Gasteiger partial charge on any atom is -0.512 e. The van der Waals surface area contributed by atoms with Gasteiger partial charge in [0, 0.05) is 36.1 Å². The van der Waals surface area contributed by atoms with Gasteiger partial charge >= 0.3 is 11.9 Å². The quantitative estimate of drug-likeness (QED) is 0.0626. The molecular weight excluding hydrogens is 853 g/mol. The Kier molecular flexibility index (Phi) is 18.3. The predicted octanol–water partition coefficient (Wildman–Crippen LogP) is 10.7. The van der Waals surface area contributed by atoms with Crippen molar-refractivity contribution in [3.8, 4) is 0 Å². The molecule has 344 valence electrons. The Bertz CT molecular complexity index is 2140. The summed E-state index contributed by atoms with van der Waals surface area (Å²) in [4.78, 5) is 26.2. The van der Waals surface area contributed by atoms with Crippen molar-refractivity contribution in [3.05, 3.63) is 154 Å². The van der Waals surface area contributed by atoms with Crippen LogP contribution in [0.25, 0.3) is 0 Å². The Morgan fingerprint density at radius 3 is 1.30 bits per heavy atom. The van der Waals surface area contributed by atoms with E-state index in [0.29, 0.717) is 49.9 Å². The summed E-state index contributed by atoms with van der Waals surface area (Å²) in [7, 11) is 2.69. The third-order valence-electron chi connectivity index (χ3n) is 11.8. The van der Waals surface area contributed by atoms with Gasteiger partial charge < -0.3 is 19.7 Å². The van der Waals surface area contributed by atoms with E-state index in [0.717, 1.165) is 36.8 Å². The Morgan fingerprint density at radius 1 is 0.594 bits per heavy atom. The number of ether oxygens (including phenoxy) is 2. The summed E-state index contributed by atoms with van der Waals surface area (Å²) in [6, 6.07) is 34.6. The van der Waals surface area contributed by atoms with Crippen LogP contribution in [0.3, 0.4) is 0 Å². The first-order chi connectivity index (χ1) is 30.7. The van der Waals surface area contributed by atoms with Gasteiger partial charge in [-0.15, -0.1) is 0 Å². The van der Waals surface area contributed by atoms with E-state index in [1.165, 1.54) is 25.3 Å². The van der Waals surface area contributed by atoms with Crippen molar-refractivity contribution in [2.75, 3.05) is 23.7 Å². The average Bonchev–Trinajstić information content (AvgIpc) is 3.28. The fourth-order valence-electron chi connectivity index (χ4n) is 8.57. The topological polar surface area (TPSA) is 170 Å². The molecule has 4 aromatic rings. The maximum Gasteiger partial charge on any atom is 0.338 e. The van der Waals surface area contributed by atoms with Crippen LogP contribution in [0, 0.1) is 0 Å². The van der Waals surface area contributed by atoms with Crippen LogP contribution in [0.15, 0.2) is 132 Å². The van der Waals surface area contributed by atoms with Gasteiger partial charge in [-0.3, -0.25) is 17.8 Å². The molecule has 6 unspecified atom stereocenters. The van der Waals surface area contributed by atoms with E-state index in [1.807, 2.05) is 62.4 Å². The fraction of sp³-hybridized carbons (Fsp3) is 0.400. The second-order valence-corrected chi connectivity index (χ2v) is 18.4. The van der Waals surface area contributed by atoms with E-state index in [-0.39, 0.29) is 34.5 Å². The summed E-state index contributed by atoms with van der Waals surface area (Å²) in [5, 5.41) is 22.0. The van der Waals surface area contributed by atoms with Crippen LogP contribution < -0.4 is 9.44 Å². The van der Waals surface area contributed by atoms with Gasteiger partial charge in [-0.05, 0) is 85.0 Å². The molecule has 2 aliphatic heterocycles. The number of hydrogen-bond donors (Lipinski definition) is 4. The molecule has 0 saturated carbocycles. The summed E-state index contributed by atoms with van der Waals surface area (Å²) in [5.74, 6) is -1.52. The number of rotatable bonds is 20. The molecule has 2 aliphatic rings. The molecule has 0 aromatic heterocycles. The van der Waals surface area contributed by atoms with Crippen LogP contribution >= 0.6 is 0 Å². The van der Waals surface area contributed by atoms with Crippen molar-refractivity contribution in [2.45, 2.75) is 115 Å². The van der Waals surface area contributed by atoms with Crippen LogP contribution in [0.5, 0.6) is 0 Å². The minimum absolute atomic E-state index is 0.0918. The summed E-state index contributed by atoms with van der Waals surface area (Å²) in [5.41, 5.74) is 4.31. The smallest absolute Gasteiger partial charge is 0.338 e. The molecule has 0 spiro atoms. The second kappa shape index (κ2) is 23.6. The molecule has 6 rings (SSSR count). The number of esters is 2. The van der Waals surface area contributed by atoms with E-state index in [9.17, 15) is 28.2 Å². The molecular formula is C50H62N2O10S2. The standard InChI is InChI=1S/2C25H31NO5S/c2*1-4-14-25(15-13-19-9-6-5-7-10-19)17-22(27)23(24(28)31-25)18(2)20-11-8-12-21(16-20)26-32(29)30-3/h2*5-12,16,18,26-27H,4,13-15,17H2,1-3H3. The summed E-state index contributed by atoms with van der Waals surface area (Å²) >= 11 is -3.30. The lowest BCUT2D eigenvalue weighted by molar-refractivity contribution is -0.162. The maximum absolute atomic E-state index is 13.1. The predicted molar refractivity (Wildman–Crippen MR) is 253 cm³/mol. The molecule has 4 aromatic carbocycles. The van der Waals surface area contributed by atoms with Crippen LogP contribution in [-0.4, -0.2) is 56.0 Å². The van der Waals surface area contributed by atoms with E-state index < -0.39 is 45.7 Å². The lowest BCUT2D eigenvalue weighted by Gasteiger charge is -2.38. The number of hydrogen-bond acceptors (Lipinski definition) is 10. The van der Waals surface area contributed by atoms with E-state index in [2.05, 4.69) is 47.6 Å². The summed E-state index contributed by atoms with van der Waals surface area (Å²) in [6.07, 6.45) is 6.58. The largest absolute Gasteiger partial charge is 0.512 e. The summed E-state index contributed by atoms with van der Waals surface area (Å²) in [6.45, 7) is 7.82. The zero-order valence-corrected chi connectivity index (χ0v) is 39.2. The van der Waals surface area contributed by atoms with Crippen molar-refractivity contribution in [1.82, 2.24) is 0 Å². The highest BCUT2D eigenvalue weighted by atomic mass is 32.2. The van der Waals surface area contributed by atoms with Gasteiger partial charge in [-0.2, -0.15) is 0 Å². The van der Waals surface area contributed by atoms with E-state index in [4.69, 9.17) is 17.8 Å². The SMILES string of the molecule is CCCC1(CCc2ccccc2)CC(O)=C(C(C)c2cccc(NS(=O)OC)c2)C(=O)O1.CCCC1(CCc2ccccc2)CC(O)=C(C(C)c2cccc(NS(=O)OC)c2)C(=O)O1. The van der Waals surface area contributed by atoms with Gasteiger partial charge in [-0.25, -0.2) is 18.0 Å². The number of carbonyl (C=O) groups excluding carboxylic acids is 2. The highest BCUT2D eigenvalue weighted by Gasteiger charge is 2.44. The Labute approximate surface area is 383 Å². The van der Waals surface area contributed by atoms with Crippen molar-refractivity contribution in [2.24, 2.45) is 0 Å². The number of carbonyl (C=O) groups is 2. The minimum atomic E-state index is -1.65. The molecule has 2 heterocycles. The van der Waals surface area contributed by atoms with Crippen molar-refractivity contribution < 1.29 is 46.1 Å². The lowest BCUT2D eigenvalue weighted by atomic mass is 9.81. The van der Waals surface area contributed by atoms with Crippen LogP contribution in [-0.2, 0) is 62.8 Å². The van der Waals surface area contributed by atoms with Crippen molar-refractivity contribution in [1.29, 1.82) is 0 Å². The van der Waals surface area contributed by atoms with Crippen molar-refractivity contribution in [3.63, 3.8) is 0 Å². The van der Waals surface area contributed by atoms with Crippen LogP contribution in [0.4, 0.5) is 11.4 Å². The maximum atomic E-state index is 13.1. The molecule has 4 N–H and O–H groups in total. The molecule has 0 radical (unpaired) electrons. The van der Waals surface area contributed by atoms with Gasteiger partial charge in [0.1, 0.15) is 22.7 Å². The zero-order valence-electron chi connectivity index (χ0n) is 37.6. The fourth-order valence-corrected chi connectivity index (χ4v) is 9.38. The number of anilines is 2. The monoisotopic (exact) mass is 914 g/mol. The van der Waals surface area contributed by atoms with Crippen molar-refractivity contribution >= 4 is 45.8 Å². The molecule has 0 bridgehead atoms. The van der Waals surface area contributed by atoms with Gasteiger partial charge in [-0.1, -0.05) is 125 Å². The van der Waals surface area contributed by atoms with Crippen LogP contribution in [0.1, 0.15) is 113 Å². The number of aliphatic hydroxyl groups is 2. The highest BCUT2D eigenvalue weighted by Crippen LogP contribution is 2.42. The number of aliphatic hydroxyl groups excluding tert-OH is 2.